The highest BCUT2D eigenvalue weighted by Gasteiger charge is 2.21. The summed E-state index contributed by atoms with van der Waals surface area (Å²) in [6.45, 7) is 2.17. The summed E-state index contributed by atoms with van der Waals surface area (Å²) in [7, 11) is 3.59. The Morgan fingerprint density at radius 2 is 1.96 bits per heavy atom. The molecule has 0 saturated carbocycles. The van der Waals surface area contributed by atoms with Gasteiger partial charge in [0.25, 0.3) is 0 Å². The molecule has 0 bridgehead atoms. The number of hydrogen-bond acceptors (Lipinski definition) is 3. The number of para-hydroxylation sites is 1. The van der Waals surface area contributed by atoms with Crippen molar-refractivity contribution in [3.05, 3.63) is 53.2 Å². The molecule has 4 nitrogen and oxygen atoms in total. The molecule has 0 atom stereocenters. The summed E-state index contributed by atoms with van der Waals surface area (Å²) in [6, 6.07) is 13.5. The van der Waals surface area contributed by atoms with Gasteiger partial charge >= 0.3 is 5.97 Å². The van der Waals surface area contributed by atoms with Crippen LogP contribution in [0.2, 0.25) is 5.02 Å². The Morgan fingerprint density at radius 1 is 1.20 bits per heavy atom. The third kappa shape index (κ3) is 3.22. The van der Waals surface area contributed by atoms with Crippen LogP contribution >= 0.6 is 11.6 Å². The van der Waals surface area contributed by atoms with Crippen molar-refractivity contribution in [1.82, 2.24) is 4.57 Å². The quantitative estimate of drug-likeness (QED) is 0.626. The van der Waals surface area contributed by atoms with Crippen LogP contribution in [0.3, 0.4) is 0 Å². The van der Waals surface area contributed by atoms with Gasteiger partial charge in [-0.15, -0.1) is 0 Å². The van der Waals surface area contributed by atoms with Crippen molar-refractivity contribution in [2.45, 2.75) is 13.3 Å². The Labute approximate surface area is 151 Å². The van der Waals surface area contributed by atoms with E-state index < -0.39 is 0 Å². The number of carbonyl (C=O) groups is 1. The summed E-state index contributed by atoms with van der Waals surface area (Å²) >= 11 is 6.24. The predicted molar refractivity (Wildman–Crippen MR) is 100 cm³/mol. The van der Waals surface area contributed by atoms with Gasteiger partial charge in [-0.25, -0.2) is 0 Å². The number of esters is 1. The van der Waals surface area contributed by atoms with Crippen LogP contribution in [0.5, 0.6) is 5.75 Å². The molecule has 0 aliphatic rings. The van der Waals surface area contributed by atoms with E-state index in [0.717, 1.165) is 33.5 Å². The zero-order valence-corrected chi connectivity index (χ0v) is 15.3. The summed E-state index contributed by atoms with van der Waals surface area (Å²) < 4.78 is 12.7. The van der Waals surface area contributed by atoms with E-state index >= 15 is 0 Å². The van der Waals surface area contributed by atoms with E-state index in [1.807, 2.05) is 54.1 Å². The second-order valence-corrected chi connectivity index (χ2v) is 6.16. The lowest BCUT2D eigenvalue weighted by molar-refractivity contribution is -0.142. The van der Waals surface area contributed by atoms with Crippen LogP contribution < -0.4 is 4.74 Å². The first-order valence-corrected chi connectivity index (χ1v) is 8.50. The molecule has 3 rings (SSSR count). The van der Waals surface area contributed by atoms with Gasteiger partial charge in [-0.1, -0.05) is 29.8 Å². The molecule has 5 heteroatoms. The highest BCUT2D eigenvalue weighted by atomic mass is 35.5. The molecule has 1 aromatic heterocycles. The first kappa shape index (κ1) is 17.4. The van der Waals surface area contributed by atoms with Gasteiger partial charge in [0.2, 0.25) is 0 Å². The Morgan fingerprint density at radius 3 is 2.68 bits per heavy atom. The number of fused-ring (bicyclic) bond motifs is 1. The minimum atomic E-state index is -0.254. The van der Waals surface area contributed by atoms with E-state index in [1.54, 1.807) is 14.0 Å². The van der Waals surface area contributed by atoms with Crippen molar-refractivity contribution in [3.63, 3.8) is 0 Å². The largest absolute Gasteiger partial charge is 0.496 e. The lowest BCUT2D eigenvalue weighted by atomic mass is 9.99. The standard InChI is InChI=1S/C20H20ClNO3/c1-4-25-19(23)12-17-20(14-7-5-6-8-18(14)24-3)15-11-13(21)9-10-16(15)22(17)2/h5-11H,4,12H2,1-3H3. The van der Waals surface area contributed by atoms with Gasteiger partial charge in [0.15, 0.2) is 0 Å². The first-order chi connectivity index (χ1) is 12.1. The van der Waals surface area contributed by atoms with Crippen molar-refractivity contribution in [1.29, 1.82) is 0 Å². The number of hydrogen-bond donors (Lipinski definition) is 0. The molecule has 0 saturated heterocycles. The average Bonchev–Trinajstić information content (AvgIpc) is 2.86. The summed E-state index contributed by atoms with van der Waals surface area (Å²) in [5.74, 6) is 0.496. The highest BCUT2D eigenvalue weighted by molar-refractivity contribution is 6.31. The van der Waals surface area contributed by atoms with Crippen LogP contribution in [-0.2, 0) is 23.0 Å². The normalized spacial score (nSPS) is 10.9. The van der Waals surface area contributed by atoms with Crippen molar-refractivity contribution < 1.29 is 14.3 Å². The molecule has 1 heterocycles. The molecule has 0 radical (unpaired) electrons. The van der Waals surface area contributed by atoms with Crippen LogP contribution in [-0.4, -0.2) is 24.3 Å². The molecule has 0 fully saturated rings. The molecule has 0 aliphatic carbocycles. The number of halogens is 1. The Balaban J connectivity index is 2.30. The molecule has 25 heavy (non-hydrogen) atoms. The SMILES string of the molecule is CCOC(=O)Cc1c(-c2ccccc2OC)c2cc(Cl)ccc2n1C. The average molecular weight is 358 g/mol. The molecule has 130 valence electrons. The summed E-state index contributed by atoms with van der Waals surface area (Å²) in [5, 5.41) is 1.63. The number of aromatic nitrogens is 1. The van der Waals surface area contributed by atoms with Crippen LogP contribution in [0.15, 0.2) is 42.5 Å². The van der Waals surface area contributed by atoms with E-state index in [0.29, 0.717) is 11.6 Å². The van der Waals surface area contributed by atoms with Crippen LogP contribution in [0, 0.1) is 0 Å². The Kier molecular flexibility index (Phi) is 5.00. The van der Waals surface area contributed by atoms with Gasteiger partial charge in [-0.2, -0.15) is 0 Å². The van der Waals surface area contributed by atoms with Crippen molar-refractivity contribution in [3.8, 4) is 16.9 Å². The smallest absolute Gasteiger partial charge is 0.311 e. The fraction of sp³-hybridized carbons (Fsp3) is 0.250. The molecule has 3 aromatic rings. The van der Waals surface area contributed by atoms with Crippen molar-refractivity contribution >= 4 is 28.5 Å². The minimum absolute atomic E-state index is 0.185. The second kappa shape index (κ2) is 7.19. The first-order valence-electron chi connectivity index (χ1n) is 8.12. The minimum Gasteiger partial charge on any atom is -0.496 e. The molecular formula is C20H20ClNO3. The van der Waals surface area contributed by atoms with Gasteiger partial charge in [-0.05, 0) is 31.2 Å². The highest BCUT2D eigenvalue weighted by Crippen LogP contribution is 2.40. The molecular weight excluding hydrogens is 338 g/mol. The van der Waals surface area contributed by atoms with Crippen molar-refractivity contribution in [2.75, 3.05) is 13.7 Å². The zero-order valence-electron chi connectivity index (χ0n) is 14.5. The van der Waals surface area contributed by atoms with E-state index in [2.05, 4.69) is 0 Å². The van der Waals surface area contributed by atoms with E-state index in [1.165, 1.54) is 0 Å². The number of nitrogens with zero attached hydrogens (tertiary/aromatic N) is 1. The van der Waals surface area contributed by atoms with E-state index in [4.69, 9.17) is 21.1 Å². The van der Waals surface area contributed by atoms with Gasteiger partial charge in [0.05, 0.1) is 20.1 Å². The fourth-order valence-corrected chi connectivity index (χ4v) is 3.35. The lowest BCUT2D eigenvalue weighted by Gasteiger charge is -2.11. The fourth-order valence-electron chi connectivity index (χ4n) is 3.18. The van der Waals surface area contributed by atoms with Gasteiger partial charge < -0.3 is 14.0 Å². The van der Waals surface area contributed by atoms with Crippen LogP contribution in [0.1, 0.15) is 12.6 Å². The maximum Gasteiger partial charge on any atom is 0.311 e. The second-order valence-electron chi connectivity index (χ2n) is 5.72. The Bertz CT molecular complexity index is 930. The number of rotatable bonds is 5. The molecule has 0 aliphatic heterocycles. The number of methoxy groups -OCH3 is 1. The summed E-state index contributed by atoms with van der Waals surface area (Å²) in [6.07, 6.45) is 0.185. The number of benzene rings is 2. The number of carbonyl (C=O) groups excluding carboxylic acids is 1. The number of ether oxygens (including phenoxy) is 2. The van der Waals surface area contributed by atoms with E-state index in [-0.39, 0.29) is 12.4 Å². The topological polar surface area (TPSA) is 40.5 Å². The van der Waals surface area contributed by atoms with E-state index in [9.17, 15) is 4.79 Å². The summed E-state index contributed by atoms with van der Waals surface area (Å²) in [4.78, 5) is 12.2. The monoisotopic (exact) mass is 357 g/mol. The van der Waals surface area contributed by atoms with Crippen LogP contribution in [0.4, 0.5) is 0 Å². The molecule has 2 aromatic carbocycles. The lowest BCUT2D eigenvalue weighted by Crippen LogP contribution is -2.11. The van der Waals surface area contributed by atoms with Gasteiger partial charge in [0.1, 0.15) is 5.75 Å². The maximum absolute atomic E-state index is 12.2. The Hall–Kier alpha value is -2.46. The zero-order chi connectivity index (χ0) is 18.0. The third-order valence-corrected chi connectivity index (χ3v) is 4.51. The number of aryl methyl sites for hydroxylation is 1. The van der Waals surface area contributed by atoms with Gasteiger partial charge in [0, 0.05) is 39.8 Å². The predicted octanol–water partition coefficient (Wildman–Crippen LogP) is 4.61. The maximum atomic E-state index is 12.2. The molecule has 0 unspecified atom stereocenters. The molecule has 0 N–H and O–H groups in total. The molecule has 0 amide bonds. The molecule has 0 spiro atoms. The summed E-state index contributed by atoms with van der Waals surface area (Å²) in [5.41, 5.74) is 3.76. The third-order valence-electron chi connectivity index (χ3n) is 4.28. The van der Waals surface area contributed by atoms with Crippen LogP contribution in [0.25, 0.3) is 22.0 Å². The van der Waals surface area contributed by atoms with Crippen molar-refractivity contribution in [2.24, 2.45) is 7.05 Å². The van der Waals surface area contributed by atoms with Gasteiger partial charge in [-0.3, -0.25) is 4.79 Å².